The molecule has 0 amide bonds. The molecule has 4 nitrogen and oxygen atoms in total. The fourth-order valence-corrected chi connectivity index (χ4v) is 3.68. The van der Waals surface area contributed by atoms with Gasteiger partial charge in [-0.05, 0) is 43.8 Å². The van der Waals surface area contributed by atoms with E-state index in [2.05, 4.69) is 15.3 Å². The fraction of sp³-hybridized carbons (Fsp3) is 0.588. The molecular weight excluding hydrogens is 279 g/mol. The fourth-order valence-electron chi connectivity index (χ4n) is 3.68. The largest absolute Gasteiger partial charge is 0.365 e. The lowest BCUT2D eigenvalue weighted by atomic mass is 9.84. The zero-order chi connectivity index (χ0) is 15.5. The number of nitrogens with zero attached hydrogens (tertiary/aromatic N) is 2. The molecule has 0 atom stereocenters. The zero-order valence-corrected chi connectivity index (χ0v) is 13.0. The Morgan fingerprint density at radius 2 is 1.91 bits per heavy atom. The van der Waals surface area contributed by atoms with Crippen LogP contribution in [0.1, 0.15) is 51.3 Å². The molecule has 0 aromatic carbocycles. The van der Waals surface area contributed by atoms with Crippen molar-refractivity contribution in [3.63, 3.8) is 0 Å². The van der Waals surface area contributed by atoms with Crippen LogP contribution in [0.4, 0.5) is 10.2 Å². The average Bonchev–Trinajstić information content (AvgIpc) is 2.80. The minimum Gasteiger partial charge on any atom is -0.365 e. The number of nitrogens with one attached hydrogen (secondary N) is 2. The topological polar surface area (TPSA) is 61.7 Å². The van der Waals surface area contributed by atoms with E-state index in [4.69, 9.17) is 5.41 Å². The second kappa shape index (κ2) is 6.55. The van der Waals surface area contributed by atoms with Crippen LogP contribution in [0.25, 0.3) is 6.08 Å². The van der Waals surface area contributed by atoms with Crippen molar-refractivity contribution in [1.29, 1.82) is 5.41 Å². The van der Waals surface area contributed by atoms with Crippen molar-refractivity contribution < 1.29 is 4.39 Å². The van der Waals surface area contributed by atoms with E-state index in [1.54, 1.807) is 19.1 Å². The minimum atomic E-state index is -0.402. The summed E-state index contributed by atoms with van der Waals surface area (Å²) in [6.45, 7) is 1.68. The highest BCUT2D eigenvalue weighted by Crippen LogP contribution is 2.39. The summed E-state index contributed by atoms with van der Waals surface area (Å²) in [5.41, 5.74) is 0.419. The van der Waals surface area contributed by atoms with Gasteiger partial charge in [-0.1, -0.05) is 25.7 Å². The van der Waals surface area contributed by atoms with Crippen LogP contribution in [0.2, 0.25) is 0 Å². The van der Waals surface area contributed by atoms with Gasteiger partial charge in [0.2, 0.25) is 0 Å². The molecule has 4 rings (SSSR count). The minimum absolute atomic E-state index is 0.295. The Bertz CT molecular complexity index is 562. The lowest BCUT2D eigenvalue weighted by Gasteiger charge is -2.21. The standard InChI is InChI=1S/C17H23FN4/c1-11(19)2-7-16-20-10-15(18)17(22-16)21-14-8-12-3-4-13(9-14)6-5-12/h2,7,10,12-14,19H,3-6,8-9H2,1H3,(H,20,21,22)/b7-2+,19-11?. The maximum atomic E-state index is 14.0. The van der Waals surface area contributed by atoms with E-state index in [1.165, 1.54) is 31.9 Å². The van der Waals surface area contributed by atoms with Gasteiger partial charge in [0.05, 0.1) is 6.20 Å². The van der Waals surface area contributed by atoms with E-state index in [0.29, 0.717) is 23.4 Å². The molecule has 118 valence electrons. The molecule has 0 radical (unpaired) electrons. The molecule has 0 unspecified atom stereocenters. The first-order chi connectivity index (χ1) is 10.6. The van der Waals surface area contributed by atoms with Crippen molar-refractivity contribution in [2.24, 2.45) is 11.8 Å². The Kier molecular flexibility index (Phi) is 4.50. The second-order valence-electron chi connectivity index (χ2n) is 6.64. The van der Waals surface area contributed by atoms with Gasteiger partial charge in [-0.3, -0.25) is 0 Å². The van der Waals surface area contributed by atoms with Gasteiger partial charge in [0, 0.05) is 11.8 Å². The summed E-state index contributed by atoms with van der Waals surface area (Å²) in [5.74, 6) is 1.89. The van der Waals surface area contributed by atoms with Gasteiger partial charge in [-0.2, -0.15) is 0 Å². The Morgan fingerprint density at radius 1 is 1.27 bits per heavy atom. The van der Waals surface area contributed by atoms with Crippen molar-refractivity contribution >= 4 is 17.6 Å². The number of halogens is 1. The molecule has 3 aliphatic carbocycles. The molecule has 3 saturated carbocycles. The average molecular weight is 302 g/mol. The van der Waals surface area contributed by atoms with Crippen LogP contribution in [0.3, 0.4) is 0 Å². The van der Waals surface area contributed by atoms with Gasteiger partial charge in [-0.25, -0.2) is 14.4 Å². The van der Waals surface area contributed by atoms with Crippen molar-refractivity contribution in [3.05, 3.63) is 23.9 Å². The summed E-state index contributed by atoms with van der Waals surface area (Å²) in [4.78, 5) is 8.21. The quantitative estimate of drug-likeness (QED) is 0.825. The third-order valence-corrected chi connectivity index (χ3v) is 4.79. The van der Waals surface area contributed by atoms with E-state index >= 15 is 0 Å². The van der Waals surface area contributed by atoms with Gasteiger partial charge in [-0.15, -0.1) is 0 Å². The first kappa shape index (κ1) is 15.1. The molecular formula is C17H23FN4. The molecule has 2 bridgehead atoms. The van der Waals surface area contributed by atoms with Crippen LogP contribution in [0.15, 0.2) is 12.3 Å². The van der Waals surface area contributed by atoms with E-state index in [-0.39, 0.29) is 0 Å². The summed E-state index contributed by atoms with van der Waals surface area (Å²) in [5, 5.41) is 10.7. The monoisotopic (exact) mass is 302 g/mol. The van der Waals surface area contributed by atoms with Crippen molar-refractivity contribution in [2.45, 2.75) is 51.5 Å². The number of rotatable bonds is 4. The molecule has 3 fully saturated rings. The smallest absolute Gasteiger partial charge is 0.183 e. The third kappa shape index (κ3) is 3.70. The van der Waals surface area contributed by atoms with Gasteiger partial charge in [0.15, 0.2) is 17.5 Å². The molecule has 3 aliphatic rings. The third-order valence-electron chi connectivity index (χ3n) is 4.79. The van der Waals surface area contributed by atoms with Crippen molar-refractivity contribution in [1.82, 2.24) is 9.97 Å². The maximum Gasteiger partial charge on any atom is 0.183 e. The Morgan fingerprint density at radius 3 is 2.50 bits per heavy atom. The highest BCUT2D eigenvalue weighted by Gasteiger charge is 2.31. The van der Waals surface area contributed by atoms with Crippen LogP contribution in [0, 0.1) is 23.1 Å². The number of hydrogen-bond acceptors (Lipinski definition) is 4. The Labute approximate surface area is 130 Å². The van der Waals surface area contributed by atoms with Crippen molar-refractivity contribution in [2.75, 3.05) is 5.32 Å². The molecule has 22 heavy (non-hydrogen) atoms. The normalized spacial score (nSPS) is 27.8. The summed E-state index contributed by atoms with van der Waals surface area (Å²) < 4.78 is 14.0. The lowest BCUT2D eigenvalue weighted by molar-refractivity contribution is 0.308. The molecule has 2 N–H and O–H groups in total. The molecule has 1 aromatic rings. The summed E-state index contributed by atoms with van der Waals surface area (Å²) >= 11 is 0. The number of aromatic nitrogens is 2. The summed E-state index contributed by atoms with van der Waals surface area (Å²) in [6, 6.07) is 0.311. The Balaban J connectivity index is 1.73. The van der Waals surface area contributed by atoms with Gasteiger partial charge >= 0.3 is 0 Å². The first-order valence-electron chi connectivity index (χ1n) is 8.12. The van der Waals surface area contributed by atoms with Crippen molar-refractivity contribution in [3.8, 4) is 0 Å². The van der Waals surface area contributed by atoms with Crippen LogP contribution in [-0.2, 0) is 0 Å². The number of fused-ring (bicyclic) bond motifs is 4. The number of allylic oxidation sites excluding steroid dienone is 1. The van der Waals surface area contributed by atoms with Crippen LogP contribution < -0.4 is 5.32 Å². The van der Waals surface area contributed by atoms with E-state index < -0.39 is 5.82 Å². The lowest BCUT2D eigenvalue weighted by Crippen LogP contribution is -2.22. The highest BCUT2D eigenvalue weighted by molar-refractivity contribution is 5.93. The molecule has 1 aromatic heterocycles. The van der Waals surface area contributed by atoms with Gasteiger partial charge < -0.3 is 10.7 Å². The van der Waals surface area contributed by atoms with E-state index in [1.807, 2.05) is 0 Å². The molecule has 1 heterocycles. The van der Waals surface area contributed by atoms with Gasteiger partial charge in [0.25, 0.3) is 0 Å². The van der Waals surface area contributed by atoms with Crippen LogP contribution in [0.5, 0.6) is 0 Å². The van der Waals surface area contributed by atoms with E-state index in [9.17, 15) is 4.39 Å². The molecule has 0 spiro atoms. The Hall–Kier alpha value is -1.78. The van der Waals surface area contributed by atoms with Crippen LogP contribution >= 0.6 is 0 Å². The second-order valence-corrected chi connectivity index (χ2v) is 6.64. The van der Waals surface area contributed by atoms with E-state index in [0.717, 1.165) is 24.7 Å². The SMILES string of the molecule is CC(=N)/C=C/c1ncc(F)c(NC2CC3CCC(CC3)C2)n1. The highest BCUT2D eigenvalue weighted by atomic mass is 19.1. The summed E-state index contributed by atoms with van der Waals surface area (Å²) in [6.07, 6.45) is 12.0. The number of anilines is 1. The number of hydrogen-bond donors (Lipinski definition) is 2. The molecule has 5 heteroatoms. The molecule has 0 saturated heterocycles. The summed E-state index contributed by atoms with van der Waals surface area (Å²) in [7, 11) is 0. The zero-order valence-electron chi connectivity index (χ0n) is 13.0. The van der Waals surface area contributed by atoms with Gasteiger partial charge in [0.1, 0.15) is 0 Å². The predicted octanol–water partition coefficient (Wildman–Crippen LogP) is 4.05. The first-order valence-corrected chi connectivity index (χ1v) is 8.12. The molecule has 0 aliphatic heterocycles. The predicted molar refractivity (Wildman–Crippen MR) is 86.5 cm³/mol. The van der Waals surface area contributed by atoms with Crippen LogP contribution in [-0.4, -0.2) is 21.7 Å². The maximum absolute atomic E-state index is 14.0.